The molecule has 2 aliphatic heterocycles. The van der Waals surface area contributed by atoms with E-state index in [4.69, 9.17) is 0 Å². The van der Waals surface area contributed by atoms with Crippen molar-refractivity contribution >= 4 is 22.3 Å². The molecule has 2 aliphatic rings. The molecule has 0 aromatic heterocycles. The summed E-state index contributed by atoms with van der Waals surface area (Å²) in [5, 5.41) is 0. The molecule has 0 atom stereocenters. The molecule has 2 saturated heterocycles. The Labute approximate surface area is 154 Å². The zero-order valence-corrected chi connectivity index (χ0v) is 15.7. The number of benzene rings is 1. The molecule has 2 amide bonds. The van der Waals surface area contributed by atoms with Gasteiger partial charge in [0.05, 0.1) is 4.90 Å². The van der Waals surface area contributed by atoms with Crippen LogP contribution in [-0.2, 0) is 14.8 Å². The summed E-state index contributed by atoms with van der Waals surface area (Å²) in [5.41, 5.74) is 0.416. The molecule has 1 aromatic rings. The third-order valence-corrected chi connectivity index (χ3v) is 6.93. The first kappa shape index (κ1) is 18.8. The Morgan fingerprint density at radius 1 is 0.923 bits per heavy atom. The van der Waals surface area contributed by atoms with Gasteiger partial charge in [-0.25, -0.2) is 8.42 Å². The predicted octanol–water partition coefficient (Wildman–Crippen LogP) is 1.17. The van der Waals surface area contributed by atoms with Gasteiger partial charge in [0.15, 0.2) is 0 Å². The average molecular weight is 379 g/mol. The first-order valence-corrected chi connectivity index (χ1v) is 10.6. The first-order valence-electron chi connectivity index (χ1n) is 9.11. The number of likely N-dealkylation sites (tertiary alicyclic amines) is 1. The zero-order valence-electron chi connectivity index (χ0n) is 14.8. The van der Waals surface area contributed by atoms with Gasteiger partial charge in [-0.15, -0.1) is 0 Å². The average Bonchev–Trinajstić information content (AvgIpc) is 2.97. The maximum atomic E-state index is 12.9. The Hall–Kier alpha value is -1.93. The molecule has 0 bridgehead atoms. The Balaban J connectivity index is 1.77. The van der Waals surface area contributed by atoms with Gasteiger partial charge in [0.2, 0.25) is 16.4 Å². The van der Waals surface area contributed by atoms with E-state index in [2.05, 4.69) is 0 Å². The highest BCUT2D eigenvalue weighted by atomic mass is 32.2. The van der Waals surface area contributed by atoms with Gasteiger partial charge in [0.25, 0.3) is 5.91 Å². The molecule has 8 heteroatoms. The van der Waals surface area contributed by atoms with E-state index in [9.17, 15) is 18.0 Å². The maximum Gasteiger partial charge on any atom is 0.253 e. The second kappa shape index (κ2) is 8.18. The van der Waals surface area contributed by atoms with Gasteiger partial charge < -0.3 is 9.80 Å². The van der Waals surface area contributed by atoms with Crippen molar-refractivity contribution in [2.45, 2.75) is 30.6 Å². The summed E-state index contributed by atoms with van der Waals surface area (Å²) >= 11 is 0. The van der Waals surface area contributed by atoms with Gasteiger partial charge in [-0.2, -0.15) is 4.31 Å². The highest BCUT2D eigenvalue weighted by Crippen LogP contribution is 2.20. The van der Waals surface area contributed by atoms with E-state index in [1.54, 1.807) is 17.0 Å². The van der Waals surface area contributed by atoms with E-state index in [1.165, 1.54) is 16.4 Å². The minimum Gasteiger partial charge on any atom is -0.343 e. The van der Waals surface area contributed by atoms with Crippen LogP contribution < -0.4 is 0 Å². The number of hydrogen-bond acceptors (Lipinski definition) is 4. The van der Waals surface area contributed by atoms with E-state index in [1.807, 2.05) is 4.90 Å². The molecule has 2 heterocycles. The summed E-state index contributed by atoms with van der Waals surface area (Å²) in [6, 6.07) is 6.31. The summed E-state index contributed by atoms with van der Waals surface area (Å²) in [6.07, 6.45) is 4.98. The molecule has 1 aromatic carbocycles. The van der Waals surface area contributed by atoms with Crippen LogP contribution in [0, 0.1) is 0 Å². The Morgan fingerprint density at radius 2 is 1.58 bits per heavy atom. The monoisotopic (exact) mass is 379 g/mol. The van der Waals surface area contributed by atoms with E-state index >= 15 is 0 Å². The van der Waals surface area contributed by atoms with Crippen LogP contribution in [0.1, 0.15) is 36.0 Å². The Kier molecular flexibility index (Phi) is 5.93. The third-order valence-electron chi connectivity index (χ3n) is 5.03. The third kappa shape index (κ3) is 4.07. The molecule has 26 heavy (non-hydrogen) atoms. The lowest BCUT2D eigenvalue weighted by Gasteiger charge is -2.31. The van der Waals surface area contributed by atoms with Crippen molar-refractivity contribution in [2.24, 2.45) is 0 Å². The van der Waals surface area contributed by atoms with Crippen LogP contribution in [0.2, 0.25) is 0 Å². The summed E-state index contributed by atoms with van der Waals surface area (Å²) in [7, 11) is -3.67. The summed E-state index contributed by atoms with van der Waals surface area (Å²) in [5.74, 6) is -0.102. The quantitative estimate of drug-likeness (QED) is 0.736. The summed E-state index contributed by atoms with van der Waals surface area (Å²) < 4.78 is 27.1. The van der Waals surface area contributed by atoms with Crippen molar-refractivity contribution < 1.29 is 18.0 Å². The van der Waals surface area contributed by atoms with Crippen molar-refractivity contribution in [3.05, 3.63) is 29.8 Å². The number of nitrogens with zero attached hydrogens (tertiary/aromatic N) is 3. The minimum atomic E-state index is -3.67. The number of hydrogen-bond donors (Lipinski definition) is 0. The van der Waals surface area contributed by atoms with Gasteiger partial charge >= 0.3 is 0 Å². The smallest absolute Gasteiger partial charge is 0.253 e. The number of rotatable bonds is 4. The van der Waals surface area contributed by atoms with Gasteiger partial charge in [-0.1, -0.05) is 18.9 Å². The van der Waals surface area contributed by atoms with Crippen LogP contribution in [-0.4, -0.2) is 74.1 Å². The van der Waals surface area contributed by atoms with Gasteiger partial charge in [0.1, 0.15) is 0 Å². The van der Waals surface area contributed by atoms with Gasteiger partial charge in [-0.3, -0.25) is 9.59 Å². The van der Waals surface area contributed by atoms with Gasteiger partial charge in [0, 0.05) is 44.8 Å². The fraction of sp³-hybridized carbons (Fsp3) is 0.556. The fourth-order valence-electron chi connectivity index (χ4n) is 3.44. The normalized spacial score (nSPS) is 19.8. The molecule has 0 unspecified atom stereocenters. The van der Waals surface area contributed by atoms with Crippen molar-refractivity contribution in [2.75, 3.05) is 39.3 Å². The van der Waals surface area contributed by atoms with E-state index in [0.717, 1.165) is 45.2 Å². The minimum absolute atomic E-state index is 0.102. The number of sulfonamides is 1. The topological polar surface area (TPSA) is 78.0 Å². The van der Waals surface area contributed by atoms with Crippen LogP contribution in [0.3, 0.4) is 0 Å². The largest absolute Gasteiger partial charge is 0.343 e. The molecule has 142 valence electrons. The van der Waals surface area contributed by atoms with Crippen molar-refractivity contribution in [3.8, 4) is 0 Å². The van der Waals surface area contributed by atoms with Crippen LogP contribution >= 0.6 is 0 Å². The Morgan fingerprint density at radius 3 is 2.19 bits per heavy atom. The molecule has 7 nitrogen and oxygen atoms in total. The second-order valence-corrected chi connectivity index (χ2v) is 8.72. The molecular weight excluding hydrogens is 354 g/mol. The first-order chi connectivity index (χ1) is 12.5. The van der Waals surface area contributed by atoms with Crippen LogP contribution in [0.5, 0.6) is 0 Å². The molecular formula is C18H25N3O4S. The SMILES string of the molecule is O=CN1CCN(S(=O)(=O)c2cccc(C(=O)N3CCCCCC3)c2)CC1. The lowest BCUT2D eigenvalue weighted by atomic mass is 10.2. The number of carbonyl (C=O) groups excluding carboxylic acids is 2. The molecule has 0 saturated carbocycles. The molecule has 0 radical (unpaired) electrons. The molecule has 2 fully saturated rings. The van der Waals surface area contributed by atoms with E-state index in [-0.39, 0.29) is 23.9 Å². The Bertz CT molecular complexity index is 749. The van der Waals surface area contributed by atoms with Crippen LogP contribution in [0.4, 0.5) is 0 Å². The fourth-order valence-corrected chi connectivity index (χ4v) is 4.91. The van der Waals surface area contributed by atoms with Crippen LogP contribution in [0.25, 0.3) is 0 Å². The highest BCUT2D eigenvalue weighted by Gasteiger charge is 2.29. The zero-order chi connectivity index (χ0) is 18.6. The second-order valence-electron chi connectivity index (χ2n) is 6.78. The van der Waals surface area contributed by atoms with Crippen LogP contribution in [0.15, 0.2) is 29.2 Å². The lowest BCUT2D eigenvalue weighted by Crippen LogP contribution is -2.48. The molecule has 0 spiro atoms. The van der Waals surface area contributed by atoms with E-state index < -0.39 is 10.0 Å². The van der Waals surface area contributed by atoms with E-state index in [0.29, 0.717) is 18.7 Å². The van der Waals surface area contributed by atoms with Crippen molar-refractivity contribution in [3.63, 3.8) is 0 Å². The summed E-state index contributed by atoms with van der Waals surface area (Å²) in [4.78, 5) is 27.1. The number of carbonyl (C=O) groups is 2. The number of amides is 2. The lowest BCUT2D eigenvalue weighted by molar-refractivity contribution is -0.119. The number of piperazine rings is 1. The van der Waals surface area contributed by atoms with Crippen molar-refractivity contribution in [1.82, 2.24) is 14.1 Å². The summed E-state index contributed by atoms with van der Waals surface area (Å²) in [6.45, 7) is 2.76. The highest BCUT2D eigenvalue weighted by molar-refractivity contribution is 7.89. The molecule has 3 rings (SSSR count). The predicted molar refractivity (Wildman–Crippen MR) is 97.2 cm³/mol. The van der Waals surface area contributed by atoms with Crippen molar-refractivity contribution in [1.29, 1.82) is 0 Å². The maximum absolute atomic E-state index is 12.9. The molecule has 0 N–H and O–H groups in total. The molecule has 0 aliphatic carbocycles. The van der Waals surface area contributed by atoms with Gasteiger partial charge in [-0.05, 0) is 31.0 Å². The standard InChI is InChI=1S/C18H25N3O4S/c22-15-19-10-12-21(13-11-19)26(24,25)17-7-5-6-16(14-17)18(23)20-8-3-1-2-4-9-20/h5-7,14-15H,1-4,8-13H2.